The lowest BCUT2D eigenvalue weighted by Crippen LogP contribution is -2.44. The summed E-state index contributed by atoms with van der Waals surface area (Å²) in [6.45, 7) is 5.90. The Hall–Kier alpha value is -2.94. The predicted molar refractivity (Wildman–Crippen MR) is 110 cm³/mol. The largest absolute Gasteiger partial charge is 0.507 e. The van der Waals surface area contributed by atoms with Gasteiger partial charge in [-0.1, -0.05) is 11.6 Å². The number of ether oxygens (including phenoxy) is 1. The Morgan fingerprint density at radius 2 is 2.00 bits per heavy atom. The molecule has 162 valence electrons. The fourth-order valence-corrected chi connectivity index (χ4v) is 3.34. The van der Waals surface area contributed by atoms with Gasteiger partial charge >= 0.3 is 6.09 Å². The number of aromatic hydroxyl groups is 2. The summed E-state index contributed by atoms with van der Waals surface area (Å²) in [7, 11) is 1.51. The molecule has 1 aliphatic heterocycles. The molecule has 0 unspecified atom stereocenters. The van der Waals surface area contributed by atoms with Crippen molar-refractivity contribution in [1.29, 1.82) is 0 Å². The van der Waals surface area contributed by atoms with Crippen LogP contribution in [0.25, 0.3) is 11.3 Å². The molecular weight excluding hydrogens is 412 g/mol. The van der Waals surface area contributed by atoms with Gasteiger partial charge in [0.2, 0.25) is 5.91 Å². The first-order chi connectivity index (χ1) is 14.0. The van der Waals surface area contributed by atoms with Crippen LogP contribution in [0.1, 0.15) is 32.0 Å². The van der Waals surface area contributed by atoms with Crippen LogP contribution in [0.3, 0.4) is 0 Å². The highest BCUT2D eigenvalue weighted by atomic mass is 35.5. The zero-order chi connectivity index (χ0) is 22.2. The van der Waals surface area contributed by atoms with Crippen LogP contribution >= 0.6 is 11.6 Å². The molecule has 3 rings (SSSR count). The van der Waals surface area contributed by atoms with E-state index in [4.69, 9.17) is 16.3 Å². The molecule has 0 saturated carbocycles. The maximum absolute atomic E-state index is 12.8. The highest BCUT2D eigenvalue weighted by Gasteiger charge is 2.29. The summed E-state index contributed by atoms with van der Waals surface area (Å²) in [5.41, 5.74) is 1.79. The summed E-state index contributed by atoms with van der Waals surface area (Å²) in [4.78, 5) is 27.8. The van der Waals surface area contributed by atoms with Crippen molar-refractivity contribution in [2.24, 2.45) is 0 Å². The van der Waals surface area contributed by atoms with Crippen LogP contribution in [0.15, 0.2) is 12.1 Å². The van der Waals surface area contributed by atoms with E-state index in [0.717, 1.165) is 17.3 Å². The predicted octanol–water partition coefficient (Wildman–Crippen LogP) is 2.89. The van der Waals surface area contributed by atoms with Gasteiger partial charge in [-0.3, -0.25) is 9.89 Å². The summed E-state index contributed by atoms with van der Waals surface area (Å²) < 4.78 is 5.28. The van der Waals surface area contributed by atoms with Crippen molar-refractivity contribution in [2.75, 3.05) is 20.1 Å². The number of fused-ring (bicyclic) bond motifs is 1. The molecule has 0 spiro atoms. The number of H-pyrrole nitrogens is 1. The van der Waals surface area contributed by atoms with Crippen molar-refractivity contribution in [1.82, 2.24) is 20.0 Å². The first-order valence-corrected chi connectivity index (χ1v) is 9.84. The van der Waals surface area contributed by atoms with Crippen LogP contribution < -0.4 is 0 Å². The van der Waals surface area contributed by atoms with Crippen molar-refractivity contribution in [3.63, 3.8) is 0 Å². The van der Waals surface area contributed by atoms with E-state index in [1.165, 1.54) is 18.0 Å². The average Bonchev–Trinajstić information content (AvgIpc) is 3.06. The summed E-state index contributed by atoms with van der Waals surface area (Å²) in [6.07, 6.45) is -0.0159. The van der Waals surface area contributed by atoms with Gasteiger partial charge < -0.3 is 24.7 Å². The molecule has 1 aromatic heterocycles. The number of nitrogens with zero attached hydrogens (tertiary/aromatic N) is 3. The van der Waals surface area contributed by atoms with E-state index < -0.39 is 11.7 Å². The Morgan fingerprint density at radius 3 is 2.67 bits per heavy atom. The second-order valence-corrected chi connectivity index (χ2v) is 8.66. The Labute approximate surface area is 179 Å². The molecule has 3 N–H and O–H groups in total. The van der Waals surface area contributed by atoms with Crippen molar-refractivity contribution >= 4 is 23.6 Å². The smallest absolute Gasteiger partial charge is 0.410 e. The quantitative estimate of drug-likeness (QED) is 0.680. The zero-order valence-electron chi connectivity index (χ0n) is 17.3. The van der Waals surface area contributed by atoms with Gasteiger partial charge in [0.05, 0.1) is 5.02 Å². The fraction of sp³-hybridized carbons (Fsp3) is 0.450. The molecular formula is C20H25ClN4O5. The maximum atomic E-state index is 12.8. The summed E-state index contributed by atoms with van der Waals surface area (Å²) >= 11 is 5.98. The van der Waals surface area contributed by atoms with Gasteiger partial charge in [-0.05, 0) is 26.8 Å². The molecule has 2 heterocycles. The first-order valence-electron chi connectivity index (χ1n) is 9.46. The number of phenolic OH excluding ortho intramolecular Hbond substituents is 2. The van der Waals surface area contributed by atoms with Crippen molar-refractivity contribution in [2.45, 2.75) is 39.3 Å². The molecule has 10 heteroatoms. The van der Waals surface area contributed by atoms with Crippen molar-refractivity contribution < 1.29 is 24.5 Å². The third-order valence-corrected chi connectivity index (χ3v) is 4.99. The van der Waals surface area contributed by atoms with E-state index in [2.05, 4.69) is 10.2 Å². The van der Waals surface area contributed by atoms with Crippen LogP contribution in [0.2, 0.25) is 5.02 Å². The third kappa shape index (κ3) is 4.62. The highest BCUT2D eigenvalue weighted by Crippen LogP contribution is 2.39. The van der Waals surface area contributed by atoms with Gasteiger partial charge in [0.15, 0.2) is 0 Å². The summed E-state index contributed by atoms with van der Waals surface area (Å²) in [6, 6.07) is 2.58. The Morgan fingerprint density at radius 1 is 1.30 bits per heavy atom. The second kappa shape index (κ2) is 8.06. The number of hydrogen-bond acceptors (Lipinski definition) is 6. The number of carbonyl (C=O) groups excluding carboxylic acids is 2. The maximum Gasteiger partial charge on any atom is 0.410 e. The minimum Gasteiger partial charge on any atom is -0.507 e. The lowest BCUT2D eigenvalue weighted by Gasteiger charge is -2.30. The van der Waals surface area contributed by atoms with Crippen LogP contribution in [0.5, 0.6) is 11.5 Å². The minimum absolute atomic E-state index is 0.0854. The van der Waals surface area contributed by atoms with Crippen LogP contribution in [-0.4, -0.2) is 67.9 Å². The van der Waals surface area contributed by atoms with Crippen LogP contribution in [0.4, 0.5) is 4.79 Å². The first kappa shape index (κ1) is 21.8. The Balaban J connectivity index is 1.76. The molecule has 1 aliphatic rings. The zero-order valence-corrected chi connectivity index (χ0v) is 18.1. The number of hydrogen-bond donors (Lipinski definition) is 3. The van der Waals surface area contributed by atoms with Gasteiger partial charge in [0, 0.05) is 49.4 Å². The monoisotopic (exact) mass is 436 g/mol. The second-order valence-electron chi connectivity index (χ2n) is 8.25. The number of rotatable bonds is 3. The molecule has 30 heavy (non-hydrogen) atoms. The minimum atomic E-state index is -0.645. The van der Waals surface area contributed by atoms with Crippen molar-refractivity contribution in [3.8, 4) is 22.8 Å². The number of carbonyl (C=O) groups is 2. The lowest BCUT2D eigenvalue weighted by molar-refractivity contribution is -0.133. The van der Waals surface area contributed by atoms with E-state index in [-0.39, 0.29) is 35.5 Å². The van der Waals surface area contributed by atoms with Gasteiger partial charge in [-0.2, -0.15) is 5.10 Å². The molecule has 9 nitrogen and oxygen atoms in total. The van der Waals surface area contributed by atoms with E-state index in [1.807, 2.05) is 0 Å². The topological polar surface area (TPSA) is 119 Å². The molecule has 2 aromatic rings. The molecule has 0 bridgehead atoms. The summed E-state index contributed by atoms with van der Waals surface area (Å²) in [5, 5.41) is 27.2. The fourth-order valence-electron chi connectivity index (χ4n) is 3.18. The summed E-state index contributed by atoms with van der Waals surface area (Å²) in [5.74, 6) is -0.627. The molecule has 1 aromatic carbocycles. The standard InChI is InChI=1S/C20H25ClN4O5/c1-20(2,3)30-19(29)24(4)10-17(28)25-6-5-14-12(9-25)18(23-22-14)11-7-13(21)16(27)8-15(11)26/h7-8,26-27H,5-6,9-10H2,1-4H3,(H,22,23). The number of aromatic amines is 1. The van der Waals surface area contributed by atoms with Gasteiger partial charge in [0.1, 0.15) is 29.3 Å². The molecule has 0 radical (unpaired) electrons. The normalized spacial score (nSPS) is 13.7. The van der Waals surface area contributed by atoms with E-state index in [9.17, 15) is 19.8 Å². The Bertz CT molecular complexity index is 982. The number of likely N-dealkylation sites (N-methyl/N-ethyl adjacent to an activating group) is 1. The van der Waals surface area contributed by atoms with Crippen LogP contribution in [0, 0.1) is 0 Å². The number of benzene rings is 1. The molecule has 2 amide bonds. The van der Waals surface area contributed by atoms with Gasteiger partial charge in [-0.25, -0.2) is 4.79 Å². The van der Waals surface area contributed by atoms with Gasteiger partial charge in [0.25, 0.3) is 0 Å². The molecule has 0 atom stereocenters. The molecule has 0 fully saturated rings. The molecule has 0 aliphatic carbocycles. The van der Waals surface area contributed by atoms with Gasteiger partial charge in [-0.15, -0.1) is 0 Å². The van der Waals surface area contributed by atoms with E-state index >= 15 is 0 Å². The number of phenols is 2. The van der Waals surface area contributed by atoms with Crippen molar-refractivity contribution in [3.05, 3.63) is 28.4 Å². The lowest BCUT2D eigenvalue weighted by atomic mass is 10.00. The van der Waals surface area contributed by atoms with Crippen LogP contribution in [-0.2, 0) is 22.5 Å². The number of halogens is 1. The molecule has 0 saturated heterocycles. The van der Waals surface area contributed by atoms with E-state index in [0.29, 0.717) is 24.2 Å². The SMILES string of the molecule is CN(CC(=O)N1CCc2[nH]nc(-c3cc(Cl)c(O)cc3O)c2C1)C(=O)OC(C)(C)C. The number of aromatic nitrogens is 2. The average molecular weight is 437 g/mol. The highest BCUT2D eigenvalue weighted by molar-refractivity contribution is 6.32. The number of amides is 2. The Kier molecular flexibility index (Phi) is 5.85. The van der Waals surface area contributed by atoms with E-state index in [1.54, 1.807) is 25.7 Å². The number of nitrogens with one attached hydrogen (secondary N) is 1. The third-order valence-electron chi connectivity index (χ3n) is 4.68.